The first-order chi connectivity index (χ1) is 17.6. The molecule has 5 aromatic rings. The molecule has 2 aromatic heterocycles. The molecule has 0 radical (unpaired) electrons. The number of carboxylic acids is 1. The molecule has 0 spiro atoms. The summed E-state index contributed by atoms with van der Waals surface area (Å²) in [6, 6.07) is 17.3. The molecule has 0 saturated heterocycles. The van der Waals surface area contributed by atoms with Crippen LogP contribution in [0.2, 0.25) is 0 Å². The second-order valence-corrected chi connectivity index (χ2v) is 9.93. The third-order valence-corrected chi connectivity index (χ3v) is 6.55. The van der Waals surface area contributed by atoms with E-state index in [1.807, 2.05) is 68.4 Å². The SMILES string of the molecule is COc1ccc(-c2nnc(-c3ccc4nc(-c5c(C)cc(CC(C)(C)C(=O)O)cc5C)[nH]c4c3)o2)cc1. The number of methoxy groups -OCH3 is 1. The highest BCUT2D eigenvalue weighted by molar-refractivity contribution is 5.84. The van der Waals surface area contributed by atoms with Crippen LogP contribution in [0.5, 0.6) is 5.75 Å². The summed E-state index contributed by atoms with van der Waals surface area (Å²) in [6.45, 7) is 7.54. The number of carboxylic acid groups (broad SMARTS) is 1. The van der Waals surface area contributed by atoms with Crippen molar-refractivity contribution < 1.29 is 19.1 Å². The number of nitrogens with one attached hydrogen (secondary N) is 1. The molecule has 188 valence electrons. The highest BCUT2D eigenvalue weighted by Crippen LogP contribution is 2.32. The molecule has 5 rings (SSSR count). The minimum absolute atomic E-state index is 0.418. The Hall–Kier alpha value is -4.46. The van der Waals surface area contributed by atoms with Crippen LogP contribution in [0.15, 0.2) is 59.0 Å². The second kappa shape index (κ2) is 9.20. The lowest BCUT2D eigenvalue weighted by Crippen LogP contribution is -2.26. The summed E-state index contributed by atoms with van der Waals surface area (Å²) in [7, 11) is 1.62. The summed E-state index contributed by atoms with van der Waals surface area (Å²) >= 11 is 0. The molecule has 0 aliphatic rings. The number of carbonyl (C=O) groups is 1. The second-order valence-electron chi connectivity index (χ2n) is 9.93. The number of hydrogen-bond acceptors (Lipinski definition) is 6. The van der Waals surface area contributed by atoms with E-state index in [0.717, 1.165) is 56.0 Å². The van der Waals surface area contributed by atoms with Crippen LogP contribution in [0.1, 0.15) is 30.5 Å². The van der Waals surface area contributed by atoms with Crippen LogP contribution >= 0.6 is 0 Å². The highest BCUT2D eigenvalue weighted by atomic mass is 16.5. The predicted molar refractivity (Wildman–Crippen MR) is 141 cm³/mol. The molecular formula is C29H28N4O4. The zero-order chi connectivity index (χ0) is 26.3. The number of benzene rings is 3. The number of hydrogen-bond donors (Lipinski definition) is 2. The van der Waals surface area contributed by atoms with E-state index in [-0.39, 0.29) is 0 Å². The van der Waals surface area contributed by atoms with Crippen molar-refractivity contribution in [2.75, 3.05) is 7.11 Å². The van der Waals surface area contributed by atoms with Crippen LogP contribution in [-0.4, -0.2) is 38.4 Å². The van der Waals surface area contributed by atoms with Gasteiger partial charge in [0.15, 0.2) is 0 Å². The van der Waals surface area contributed by atoms with E-state index in [2.05, 4.69) is 15.2 Å². The van der Waals surface area contributed by atoms with Crippen LogP contribution in [0.4, 0.5) is 0 Å². The lowest BCUT2D eigenvalue weighted by molar-refractivity contribution is -0.146. The van der Waals surface area contributed by atoms with Gasteiger partial charge in [-0.1, -0.05) is 12.1 Å². The molecule has 0 saturated carbocycles. The van der Waals surface area contributed by atoms with Crippen LogP contribution in [0, 0.1) is 19.3 Å². The fourth-order valence-corrected chi connectivity index (χ4v) is 4.57. The lowest BCUT2D eigenvalue weighted by Gasteiger charge is -2.20. The molecule has 0 aliphatic carbocycles. The Bertz CT molecular complexity index is 1590. The number of aromatic nitrogens is 4. The van der Waals surface area contributed by atoms with Crippen LogP contribution < -0.4 is 4.74 Å². The highest BCUT2D eigenvalue weighted by Gasteiger charge is 2.28. The maximum Gasteiger partial charge on any atom is 0.309 e. The fourth-order valence-electron chi connectivity index (χ4n) is 4.57. The van der Waals surface area contributed by atoms with Gasteiger partial charge in [0, 0.05) is 16.7 Å². The Morgan fingerprint density at radius 3 is 2.22 bits per heavy atom. The van der Waals surface area contributed by atoms with Crippen molar-refractivity contribution in [3.63, 3.8) is 0 Å². The average molecular weight is 497 g/mol. The van der Waals surface area contributed by atoms with Gasteiger partial charge in [0.1, 0.15) is 11.6 Å². The van der Waals surface area contributed by atoms with Crippen LogP contribution in [0.3, 0.4) is 0 Å². The summed E-state index contributed by atoms with van der Waals surface area (Å²) in [5.74, 6) is 1.56. The molecule has 8 heteroatoms. The number of H-pyrrole nitrogens is 1. The zero-order valence-corrected chi connectivity index (χ0v) is 21.4. The van der Waals surface area contributed by atoms with Gasteiger partial charge in [-0.15, -0.1) is 10.2 Å². The van der Waals surface area contributed by atoms with Gasteiger partial charge in [0.25, 0.3) is 0 Å². The quantitative estimate of drug-likeness (QED) is 0.275. The summed E-state index contributed by atoms with van der Waals surface area (Å²) in [6.07, 6.45) is 0.455. The normalized spacial score (nSPS) is 11.7. The molecule has 0 aliphatic heterocycles. The number of imidazole rings is 1. The van der Waals surface area contributed by atoms with Crippen LogP contribution in [0.25, 0.3) is 45.3 Å². The van der Waals surface area contributed by atoms with Crippen molar-refractivity contribution in [3.8, 4) is 40.0 Å². The molecule has 37 heavy (non-hydrogen) atoms. The summed E-state index contributed by atoms with van der Waals surface area (Å²) in [5.41, 5.74) is 6.52. The summed E-state index contributed by atoms with van der Waals surface area (Å²) in [5, 5.41) is 17.9. The Labute approximate surface area is 214 Å². The van der Waals surface area contributed by atoms with E-state index in [0.29, 0.717) is 18.2 Å². The predicted octanol–water partition coefficient (Wildman–Crippen LogP) is 6.23. The molecule has 8 nitrogen and oxygen atoms in total. The van der Waals surface area contributed by atoms with E-state index in [1.165, 1.54) is 0 Å². The molecular weight excluding hydrogens is 468 g/mol. The number of fused-ring (bicyclic) bond motifs is 1. The minimum Gasteiger partial charge on any atom is -0.497 e. The van der Waals surface area contributed by atoms with Gasteiger partial charge in [-0.2, -0.15) is 0 Å². The molecule has 0 amide bonds. The van der Waals surface area contributed by atoms with E-state index >= 15 is 0 Å². The van der Waals surface area contributed by atoms with Crippen molar-refractivity contribution in [1.29, 1.82) is 0 Å². The number of aliphatic carboxylic acids is 1. The van der Waals surface area contributed by atoms with Gasteiger partial charge in [-0.05, 0) is 93.3 Å². The number of nitrogens with zero attached hydrogens (tertiary/aromatic N) is 3. The first-order valence-electron chi connectivity index (χ1n) is 12.0. The van der Waals surface area contributed by atoms with E-state index < -0.39 is 11.4 Å². The number of aromatic amines is 1. The van der Waals surface area contributed by atoms with Crippen molar-refractivity contribution in [2.24, 2.45) is 5.41 Å². The topological polar surface area (TPSA) is 114 Å². The molecule has 0 bridgehead atoms. The van der Waals surface area contributed by atoms with Crippen LogP contribution in [-0.2, 0) is 11.2 Å². The summed E-state index contributed by atoms with van der Waals surface area (Å²) < 4.78 is 11.1. The van der Waals surface area contributed by atoms with Gasteiger partial charge in [-0.3, -0.25) is 4.79 Å². The Morgan fingerprint density at radius 2 is 1.59 bits per heavy atom. The first kappa shape index (κ1) is 24.2. The van der Waals surface area contributed by atoms with E-state index in [9.17, 15) is 9.90 Å². The third kappa shape index (κ3) is 4.70. The molecule has 2 N–H and O–H groups in total. The zero-order valence-electron chi connectivity index (χ0n) is 21.4. The smallest absolute Gasteiger partial charge is 0.309 e. The Morgan fingerprint density at radius 1 is 0.973 bits per heavy atom. The lowest BCUT2D eigenvalue weighted by atomic mass is 9.84. The number of aryl methyl sites for hydroxylation is 2. The minimum atomic E-state index is -0.835. The molecule has 2 heterocycles. The Balaban J connectivity index is 1.44. The largest absolute Gasteiger partial charge is 0.497 e. The van der Waals surface area contributed by atoms with Crippen molar-refractivity contribution in [3.05, 3.63) is 71.3 Å². The average Bonchev–Trinajstić information content (AvgIpc) is 3.50. The molecule has 3 aromatic carbocycles. The third-order valence-electron chi connectivity index (χ3n) is 6.55. The maximum atomic E-state index is 11.6. The molecule has 0 fully saturated rings. The van der Waals surface area contributed by atoms with Gasteiger partial charge in [0.2, 0.25) is 11.8 Å². The van der Waals surface area contributed by atoms with Crippen molar-refractivity contribution >= 4 is 17.0 Å². The van der Waals surface area contributed by atoms with E-state index in [4.69, 9.17) is 14.1 Å². The van der Waals surface area contributed by atoms with Gasteiger partial charge in [0.05, 0.1) is 23.6 Å². The number of ether oxygens (including phenoxy) is 1. The fraction of sp³-hybridized carbons (Fsp3) is 0.241. The van der Waals surface area contributed by atoms with E-state index in [1.54, 1.807) is 21.0 Å². The molecule has 0 unspecified atom stereocenters. The summed E-state index contributed by atoms with van der Waals surface area (Å²) in [4.78, 5) is 19.8. The first-order valence-corrected chi connectivity index (χ1v) is 12.0. The van der Waals surface area contributed by atoms with Gasteiger partial charge >= 0.3 is 5.97 Å². The maximum absolute atomic E-state index is 11.6. The standard InChI is InChI=1S/C29H28N4O4/c1-16-12-18(15-29(3,4)28(34)35)13-17(2)24(16)25-30-22-11-8-20(14-23(22)31-25)27-33-32-26(37-27)19-6-9-21(36-5)10-7-19/h6-14H,15H2,1-5H3,(H,30,31)(H,34,35). The monoisotopic (exact) mass is 496 g/mol. The van der Waals surface area contributed by atoms with Crippen molar-refractivity contribution in [2.45, 2.75) is 34.1 Å². The van der Waals surface area contributed by atoms with Gasteiger partial charge < -0.3 is 19.2 Å². The van der Waals surface area contributed by atoms with Gasteiger partial charge in [-0.25, -0.2) is 4.98 Å². The van der Waals surface area contributed by atoms with Crippen molar-refractivity contribution in [1.82, 2.24) is 20.2 Å². The molecule has 0 atom stereocenters. The Kier molecular flexibility index (Phi) is 6.03. The number of rotatable bonds is 7.